The summed E-state index contributed by atoms with van der Waals surface area (Å²) < 4.78 is 24.8. The van der Waals surface area contributed by atoms with E-state index in [1.165, 1.54) is 0 Å². The standard InChI is InChI=1S/C13H16O3S/c1-10-12(14)8-5-9-13(10)17(15,16)11-6-3-2-4-7-11/h2-4,6-7,10,13H,5,8-9H2,1H3. The number of hydrogen-bond acceptors (Lipinski definition) is 3. The molecule has 92 valence electrons. The average molecular weight is 252 g/mol. The van der Waals surface area contributed by atoms with Crippen LogP contribution in [0, 0.1) is 5.92 Å². The first-order valence-electron chi connectivity index (χ1n) is 5.85. The number of Topliss-reactive ketones (excluding diaryl/α,β-unsaturated/α-hetero) is 1. The molecule has 1 aliphatic carbocycles. The monoisotopic (exact) mass is 252 g/mol. The molecular weight excluding hydrogens is 236 g/mol. The van der Waals surface area contributed by atoms with Gasteiger partial charge in [-0.2, -0.15) is 0 Å². The first-order valence-corrected chi connectivity index (χ1v) is 7.40. The molecule has 0 heterocycles. The molecule has 0 spiro atoms. The maximum Gasteiger partial charge on any atom is 0.181 e. The van der Waals surface area contributed by atoms with Crippen molar-refractivity contribution in [2.75, 3.05) is 0 Å². The van der Waals surface area contributed by atoms with Crippen LogP contribution in [0.15, 0.2) is 35.2 Å². The molecule has 2 unspecified atom stereocenters. The Morgan fingerprint density at radius 2 is 1.82 bits per heavy atom. The van der Waals surface area contributed by atoms with Crippen LogP contribution in [0.4, 0.5) is 0 Å². The number of rotatable bonds is 2. The van der Waals surface area contributed by atoms with Crippen molar-refractivity contribution in [2.24, 2.45) is 5.92 Å². The smallest absolute Gasteiger partial charge is 0.181 e. The van der Waals surface area contributed by atoms with Gasteiger partial charge in [0.1, 0.15) is 5.78 Å². The van der Waals surface area contributed by atoms with Gasteiger partial charge in [0.2, 0.25) is 0 Å². The van der Waals surface area contributed by atoms with E-state index < -0.39 is 15.1 Å². The second-order valence-corrected chi connectivity index (χ2v) is 6.71. The van der Waals surface area contributed by atoms with Gasteiger partial charge < -0.3 is 0 Å². The zero-order chi connectivity index (χ0) is 12.5. The van der Waals surface area contributed by atoms with Gasteiger partial charge in [-0.15, -0.1) is 0 Å². The van der Waals surface area contributed by atoms with Gasteiger partial charge in [-0.25, -0.2) is 8.42 Å². The summed E-state index contributed by atoms with van der Waals surface area (Å²) in [6.07, 6.45) is 1.78. The Morgan fingerprint density at radius 3 is 2.47 bits per heavy atom. The third kappa shape index (κ3) is 2.27. The normalized spacial score (nSPS) is 25.8. The predicted molar refractivity (Wildman–Crippen MR) is 65.4 cm³/mol. The first kappa shape index (κ1) is 12.3. The molecular formula is C13H16O3S. The highest BCUT2D eigenvalue weighted by Crippen LogP contribution is 2.30. The molecule has 1 aromatic carbocycles. The highest BCUT2D eigenvalue weighted by molar-refractivity contribution is 7.92. The number of carbonyl (C=O) groups excluding carboxylic acids is 1. The predicted octanol–water partition coefficient (Wildman–Crippen LogP) is 2.22. The van der Waals surface area contributed by atoms with Gasteiger partial charge in [-0.3, -0.25) is 4.79 Å². The Bertz CT molecular complexity index is 505. The van der Waals surface area contributed by atoms with Crippen LogP contribution in [0.25, 0.3) is 0 Å². The Morgan fingerprint density at radius 1 is 1.18 bits per heavy atom. The fraction of sp³-hybridized carbons (Fsp3) is 0.462. The summed E-state index contributed by atoms with van der Waals surface area (Å²) >= 11 is 0. The maximum absolute atomic E-state index is 12.4. The lowest BCUT2D eigenvalue weighted by molar-refractivity contribution is -0.123. The molecule has 0 saturated heterocycles. The van der Waals surface area contributed by atoms with Crippen LogP contribution in [-0.2, 0) is 14.6 Å². The average Bonchev–Trinajstić information content (AvgIpc) is 2.33. The SMILES string of the molecule is CC1C(=O)CCCC1S(=O)(=O)c1ccccc1. The minimum Gasteiger partial charge on any atom is -0.299 e. The zero-order valence-electron chi connectivity index (χ0n) is 9.80. The van der Waals surface area contributed by atoms with Gasteiger partial charge in [0, 0.05) is 12.3 Å². The van der Waals surface area contributed by atoms with Crippen LogP contribution in [-0.4, -0.2) is 19.5 Å². The van der Waals surface area contributed by atoms with Gasteiger partial charge in [0.05, 0.1) is 10.1 Å². The second kappa shape index (κ2) is 4.61. The molecule has 3 nitrogen and oxygen atoms in total. The van der Waals surface area contributed by atoms with E-state index in [2.05, 4.69) is 0 Å². The molecule has 1 aliphatic rings. The zero-order valence-corrected chi connectivity index (χ0v) is 10.6. The fourth-order valence-electron chi connectivity index (χ4n) is 2.37. The summed E-state index contributed by atoms with van der Waals surface area (Å²) in [5.74, 6) is -0.310. The molecule has 2 atom stereocenters. The third-order valence-corrected chi connectivity index (χ3v) is 5.82. The van der Waals surface area contributed by atoms with Gasteiger partial charge in [-0.05, 0) is 25.0 Å². The topological polar surface area (TPSA) is 51.2 Å². The summed E-state index contributed by atoms with van der Waals surface area (Å²) in [5, 5.41) is -0.550. The lowest BCUT2D eigenvalue weighted by Crippen LogP contribution is -2.36. The highest BCUT2D eigenvalue weighted by atomic mass is 32.2. The van der Waals surface area contributed by atoms with Crippen molar-refractivity contribution in [1.82, 2.24) is 0 Å². The first-order chi connectivity index (χ1) is 8.03. The maximum atomic E-state index is 12.4. The summed E-state index contributed by atoms with van der Waals surface area (Å²) in [7, 11) is -3.36. The van der Waals surface area contributed by atoms with Gasteiger partial charge in [-0.1, -0.05) is 25.1 Å². The summed E-state index contributed by atoms with van der Waals surface area (Å²) in [6.45, 7) is 1.73. The van der Waals surface area contributed by atoms with Crippen molar-refractivity contribution < 1.29 is 13.2 Å². The number of benzene rings is 1. The lowest BCUT2D eigenvalue weighted by Gasteiger charge is -2.27. The van der Waals surface area contributed by atoms with Crippen molar-refractivity contribution in [3.05, 3.63) is 30.3 Å². The molecule has 1 saturated carbocycles. The van der Waals surface area contributed by atoms with E-state index in [1.54, 1.807) is 37.3 Å². The van der Waals surface area contributed by atoms with Crippen molar-refractivity contribution >= 4 is 15.6 Å². The Balaban J connectivity index is 2.36. The van der Waals surface area contributed by atoms with Crippen LogP contribution in [0.1, 0.15) is 26.2 Å². The van der Waals surface area contributed by atoms with E-state index in [0.717, 1.165) is 0 Å². The molecule has 17 heavy (non-hydrogen) atoms. The molecule has 1 aromatic rings. The molecule has 0 radical (unpaired) electrons. The van der Waals surface area contributed by atoms with E-state index in [4.69, 9.17) is 0 Å². The molecule has 0 N–H and O–H groups in total. The highest BCUT2D eigenvalue weighted by Gasteiger charge is 2.37. The van der Waals surface area contributed by atoms with Crippen LogP contribution in [0.5, 0.6) is 0 Å². The van der Waals surface area contributed by atoms with E-state index in [9.17, 15) is 13.2 Å². The van der Waals surface area contributed by atoms with E-state index >= 15 is 0 Å². The summed E-state index contributed by atoms with van der Waals surface area (Å²) in [4.78, 5) is 11.9. The molecule has 0 aromatic heterocycles. The summed E-state index contributed by atoms with van der Waals surface area (Å²) in [5.41, 5.74) is 0. The molecule has 1 fully saturated rings. The molecule has 0 bridgehead atoms. The van der Waals surface area contributed by atoms with Crippen molar-refractivity contribution in [3.63, 3.8) is 0 Å². The number of carbonyl (C=O) groups is 1. The number of ketones is 1. The van der Waals surface area contributed by atoms with Crippen molar-refractivity contribution in [1.29, 1.82) is 0 Å². The molecule has 4 heteroatoms. The quantitative estimate of drug-likeness (QED) is 0.811. The number of sulfone groups is 1. The summed E-state index contributed by atoms with van der Waals surface area (Å²) in [6, 6.07) is 8.40. The minimum atomic E-state index is -3.36. The molecule has 0 amide bonds. The van der Waals surface area contributed by atoms with Crippen LogP contribution in [0.3, 0.4) is 0 Å². The van der Waals surface area contributed by atoms with Crippen molar-refractivity contribution in [2.45, 2.75) is 36.3 Å². The van der Waals surface area contributed by atoms with Gasteiger partial charge in [0.25, 0.3) is 0 Å². The second-order valence-electron chi connectivity index (χ2n) is 4.54. The van der Waals surface area contributed by atoms with Gasteiger partial charge in [0.15, 0.2) is 9.84 Å². The Kier molecular flexibility index (Phi) is 3.33. The molecule has 2 rings (SSSR count). The van der Waals surface area contributed by atoms with E-state index in [1.807, 2.05) is 0 Å². The fourth-order valence-corrected chi connectivity index (χ4v) is 4.42. The Labute approximate surface area is 102 Å². The van der Waals surface area contributed by atoms with Crippen LogP contribution >= 0.6 is 0 Å². The molecule has 0 aliphatic heterocycles. The van der Waals surface area contributed by atoms with Crippen LogP contribution < -0.4 is 0 Å². The van der Waals surface area contributed by atoms with Crippen molar-refractivity contribution in [3.8, 4) is 0 Å². The number of hydrogen-bond donors (Lipinski definition) is 0. The minimum absolute atomic E-state index is 0.0701. The third-order valence-electron chi connectivity index (χ3n) is 3.45. The van der Waals surface area contributed by atoms with E-state index in [-0.39, 0.29) is 11.7 Å². The Hall–Kier alpha value is -1.16. The largest absolute Gasteiger partial charge is 0.299 e. The van der Waals surface area contributed by atoms with Crippen LogP contribution in [0.2, 0.25) is 0 Å². The lowest BCUT2D eigenvalue weighted by atomic mass is 9.89. The van der Waals surface area contributed by atoms with Gasteiger partial charge >= 0.3 is 0 Å². The van der Waals surface area contributed by atoms with E-state index in [0.29, 0.717) is 24.2 Å².